The molecule has 1 amide bonds. The Balaban J connectivity index is 1.58. The second-order valence-corrected chi connectivity index (χ2v) is 7.97. The first-order chi connectivity index (χ1) is 12.6. The maximum absolute atomic E-state index is 13.3. The van der Waals surface area contributed by atoms with Crippen molar-refractivity contribution in [1.29, 1.82) is 0 Å². The number of benzene rings is 1. The van der Waals surface area contributed by atoms with Crippen LogP contribution in [-0.2, 0) is 10.2 Å². The van der Waals surface area contributed by atoms with E-state index in [-0.39, 0.29) is 24.0 Å². The molecule has 2 fully saturated rings. The first-order valence-electron chi connectivity index (χ1n) is 9.24. The van der Waals surface area contributed by atoms with E-state index in [2.05, 4.69) is 10.3 Å². The van der Waals surface area contributed by atoms with Crippen LogP contribution in [0.5, 0.6) is 0 Å². The van der Waals surface area contributed by atoms with E-state index in [0.717, 1.165) is 30.5 Å². The highest BCUT2D eigenvalue weighted by molar-refractivity contribution is 6.30. The van der Waals surface area contributed by atoms with Gasteiger partial charge in [-0.15, -0.1) is 0 Å². The summed E-state index contributed by atoms with van der Waals surface area (Å²) in [5.74, 6) is 0.286. The van der Waals surface area contributed by atoms with Crippen molar-refractivity contribution in [2.24, 2.45) is 5.92 Å². The number of nitrogens with zero attached hydrogens (tertiary/aromatic N) is 1. The summed E-state index contributed by atoms with van der Waals surface area (Å²) < 4.78 is 0. The molecule has 2 aliphatic rings. The normalized spacial score (nSPS) is 24.8. The van der Waals surface area contributed by atoms with Crippen LogP contribution in [0.2, 0.25) is 5.02 Å². The number of hydrogen-bond donors (Lipinski definition) is 2. The van der Waals surface area contributed by atoms with Crippen LogP contribution in [0.4, 0.5) is 0 Å². The fraction of sp³-hybridized carbons (Fsp3) is 0.429. The van der Waals surface area contributed by atoms with Gasteiger partial charge in [0.2, 0.25) is 5.91 Å². The fourth-order valence-corrected chi connectivity index (χ4v) is 4.25. The van der Waals surface area contributed by atoms with Crippen LogP contribution in [0.3, 0.4) is 0 Å². The van der Waals surface area contributed by atoms with E-state index in [1.807, 2.05) is 42.5 Å². The molecule has 2 aliphatic carbocycles. The van der Waals surface area contributed by atoms with Crippen molar-refractivity contribution >= 4 is 17.5 Å². The first-order valence-corrected chi connectivity index (χ1v) is 9.62. The summed E-state index contributed by atoms with van der Waals surface area (Å²) >= 11 is 6.02. The molecule has 0 bridgehead atoms. The number of carbonyl (C=O) groups excluding carboxylic acids is 1. The topological polar surface area (TPSA) is 62.2 Å². The van der Waals surface area contributed by atoms with Gasteiger partial charge in [-0.25, -0.2) is 0 Å². The van der Waals surface area contributed by atoms with Crippen LogP contribution in [-0.4, -0.2) is 22.1 Å². The number of nitrogens with one attached hydrogen (secondary N) is 1. The number of rotatable bonds is 5. The third-order valence-corrected chi connectivity index (χ3v) is 6.20. The summed E-state index contributed by atoms with van der Waals surface area (Å²) in [5.41, 5.74) is 1.42. The summed E-state index contributed by atoms with van der Waals surface area (Å²) in [5, 5.41) is 13.7. The zero-order valence-corrected chi connectivity index (χ0v) is 15.3. The Labute approximate surface area is 158 Å². The molecule has 4 rings (SSSR count). The molecule has 26 heavy (non-hydrogen) atoms. The van der Waals surface area contributed by atoms with Gasteiger partial charge in [-0.1, -0.05) is 36.2 Å². The predicted molar refractivity (Wildman–Crippen MR) is 101 cm³/mol. The quantitative estimate of drug-likeness (QED) is 0.841. The second-order valence-electron chi connectivity index (χ2n) is 7.53. The molecule has 1 aromatic heterocycles. The molecule has 136 valence electrons. The number of pyridine rings is 1. The van der Waals surface area contributed by atoms with E-state index >= 15 is 0 Å². The summed E-state index contributed by atoms with van der Waals surface area (Å²) in [6.07, 6.45) is 5.64. The van der Waals surface area contributed by atoms with Gasteiger partial charge in [0.05, 0.1) is 23.3 Å². The van der Waals surface area contributed by atoms with Crippen LogP contribution in [0.15, 0.2) is 48.7 Å². The van der Waals surface area contributed by atoms with Gasteiger partial charge in [0.25, 0.3) is 0 Å². The van der Waals surface area contributed by atoms with Crippen LogP contribution < -0.4 is 5.32 Å². The number of aromatic nitrogens is 1. The van der Waals surface area contributed by atoms with Crippen molar-refractivity contribution in [1.82, 2.24) is 10.3 Å². The Hall–Kier alpha value is -1.91. The lowest BCUT2D eigenvalue weighted by molar-refractivity contribution is -0.132. The van der Waals surface area contributed by atoms with E-state index < -0.39 is 5.41 Å². The summed E-state index contributed by atoms with van der Waals surface area (Å²) in [7, 11) is 0. The lowest BCUT2D eigenvalue weighted by Gasteiger charge is -2.44. The fourth-order valence-electron chi connectivity index (χ4n) is 4.12. The van der Waals surface area contributed by atoms with Gasteiger partial charge in [0, 0.05) is 11.2 Å². The highest BCUT2D eigenvalue weighted by Crippen LogP contribution is 2.45. The third kappa shape index (κ3) is 3.12. The number of aliphatic hydroxyl groups excluding tert-OH is 1. The van der Waals surface area contributed by atoms with Crippen LogP contribution in [0, 0.1) is 5.92 Å². The largest absolute Gasteiger partial charge is 0.393 e. The smallest absolute Gasteiger partial charge is 0.231 e. The molecule has 0 spiro atoms. The Morgan fingerprint density at radius 2 is 1.92 bits per heavy atom. The SMILES string of the molecule is O=C(N[C@H](c1ccccn1)C1CC(O)C1)C1(c2ccc(Cl)cc2)CCC1. The second kappa shape index (κ2) is 7.01. The van der Waals surface area contributed by atoms with Gasteiger partial charge in [0.15, 0.2) is 0 Å². The number of halogens is 1. The molecule has 1 atom stereocenters. The highest BCUT2D eigenvalue weighted by atomic mass is 35.5. The van der Waals surface area contributed by atoms with Crippen LogP contribution in [0.25, 0.3) is 0 Å². The van der Waals surface area contributed by atoms with E-state index in [1.54, 1.807) is 6.20 Å². The zero-order chi connectivity index (χ0) is 18.1. The van der Waals surface area contributed by atoms with Crippen molar-refractivity contribution in [3.05, 3.63) is 64.9 Å². The summed E-state index contributed by atoms with van der Waals surface area (Å²) in [6.45, 7) is 0. The number of amides is 1. The summed E-state index contributed by atoms with van der Waals surface area (Å²) in [4.78, 5) is 17.8. The first kappa shape index (κ1) is 17.5. The van der Waals surface area contributed by atoms with Gasteiger partial charge in [-0.3, -0.25) is 9.78 Å². The van der Waals surface area contributed by atoms with Crippen LogP contribution in [0.1, 0.15) is 49.4 Å². The van der Waals surface area contributed by atoms with E-state index in [1.165, 1.54) is 0 Å². The Morgan fingerprint density at radius 1 is 1.19 bits per heavy atom. The molecular formula is C21H23ClN2O2. The molecule has 2 N–H and O–H groups in total. The van der Waals surface area contributed by atoms with Crippen molar-refractivity contribution in [3.8, 4) is 0 Å². The van der Waals surface area contributed by atoms with E-state index in [9.17, 15) is 9.90 Å². The molecule has 2 aromatic rings. The maximum atomic E-state index is 13.3. The molecular weight excluding hydrogens is 348 g/mol. The zero-order valence-electron chi connectivity index (χ0n) is 14.6. The van der Waals surface area contributed by atoms with E-state index in [0.29, 0.717) is 17.9 Å². The van der Waals surface area contributed by atoms with Crippen molar-refractivity contribution in [2.45, 2.75) is 49.7 Å². The maximum Gasteiger partial charge on any atom is 0.231 e. The molecule has 0 aliphatic heterocycles. The minimum Gasteiger partial charge on any atom is -0.393 e. The number of carbonyl (C=O) groups is 1. The Kier molecular flexibility index (Phi) is 4.72. The Morgan fingerprint density at radius 3 is 2.46 bits per heavy atom. The van der Waals surface area contributed by atoms with Gasteiger partial charge >= 0.3 is 0 Å². The lowest BCUT2D eigenvalue weighted by atomic mass is 9.63. The Bertz CT molecular complexity index is 768. The average Bonchev–Trinajstić information content (AvgIpc) is 2.59. The molecule has 0 radical (unpaired) electrons. The van der Waals surface area contributed by atoms with Gasteiger partial charge in [-0.2, -0.15) is 0 Å². The lowest BCUT2D eigenvalue weighted by Crippen LogP contribution is -2.52. The molecule has 5 heteroatoms. The minimum absolute atomic E-state index is 0.0584. The standard InChI is InChI=1S/C21H23ClN2O2/c22-16-7-5-15(6-8-16)21(9-3-10-21)20(26)24-19(14-12-17(25)13-14)18-4-1-2-11-23-18/h1-2,4-8,11,14,17,19,25H,3,9-10,12-13H2,(H,24,26)/t14?,17?,19-/m0/s1. The summed E-state index contributed by atoms with van der Waals surface area (Å²) in [6, 6.07) is 13.2. The van der Waals surface area contributed by atoms with Gasteiger partial charge < -0.3 is 10.4 Å². The predicted octanol–water partition coefficient (Wildman–Crippen LogP) is 3.79. The van der Waals surface area contributed by atoms with Gasteiger partial charge in [-0.05, 0) is 61.4 Å². The molecule has 2 saturated carbocycles. The third-order valence-electron chi connectivity index (χ3n) is 5.95. The monoisotopic (exact) mass is 370 g/mol. The molecule has 0 unspecified atom stereocenters. The highest BCUT2D eigenvalue weighted by Gasteiger charge is 2.47. The minimum atomic E-state index is -0.472. The van der Waals surface area contributed by atoms with Gasteiger partial charge in [0.1, 0.15) is 0 Å². The molecule has 0 saturated heterocycles. The van der Waals surface area contributed by atoms with Crippen molar-refractivity contribution < 1.29 is 9.90 Å². The van der Waals surface area contributed by atoms with Crippen LogP contribution >= 0.6 is 11.6 Å². The average molecular weight is 371 g/mol. The molecule has 4 nitrogen and oxygen atoms in total. The molecule has 1 heterocycles. The van der Waals surface area contributed by atoms with E-state index in [4.69, 9.17) is 11.6 Å². The number of hydrogen-bond acceptors (Lipinski definition) is 3. The van der Waals surface area contributed by atoms with Crippen molar-refractivity contribution in [2.75, 3.05) is 0 Å². The molecule has 1 aromatic carbocycles. The number of aliphatic hydroxyl groups is 1. The van der Waals surface area contributed by atoms with Crippen molar-refractivity contribution in [3.63, 3.8) is 0 Å².